The van der Waals surface area contributed by atoms with Crippen molar-refractivity contribution in [1.82, 2.24) is 0 Å². The number of anilines is 1. The first kappa shape index (κ1) is 17.1. The second kappa shape index (κ2) is 7.03. The molecule has 1 aliphatic rings. The highest BCUT2D eigenvalue weighted by Crippen LogP contribution is 2.37. The van der Waals surface area contributed by atoms with Crippen molar-refractivity contribution in [3.8, 4) is 17.2 Å². The summed E-state index contributed by atoms with van der Waals surface area (Å²) >= 11 is 5.90. The summed E-state index contributed by atoms with van der Waals surface area (Å²) in [6.45, 7) is 3.11. The van der Waals surface area contributed by atoms with E-state index in [1.165, 1.54) is 6.92 Å². The summed E-state index contributed by atoms with van der Waals surface area (Å²) in [5, 5.41) is 3.22. The number of carbonyl (C=O) groups is 2. The van der Waals surface area contributed by atoms with Crippen molar-refractivity contribution in [3.05, 3.63) is 47.0 Å². The lowest BCUT2D eigenvalue weighted by Crippen LogP contribution is -2.30. The average Bonchev–Trinajstić information content (AvgIpc) is 3.01. The van der Waals surface area contributed by atoms with Crippen molar-refractivity contribution in [2.45, 2.75) is 20.0 Å². The SMILES string of the molecule is CC(=O)c1cc2c(cc1NC(=O)[C@@H](C)Oc1cccc(Cl)c1)OCO2. The largest absolute Gasteiger partial charge is 0.481 e. The van der Waals surface area contributed by atoms with E-state index in [1.807, 2.05) is 0 Å². The zero-order chi connectivity index (χ0) is 18.0. The number of hydrogen-bond donors (Lipinski definition) is 1. The van der Waals surface area contributed by atoms with Gasteiger partial charge in [0.25, 0.3) is 5.91 Å². The van der Waals surface area contributed by atoms with Gasteiger partial charge in [-0.15, -0.1) is 0 Å². The maximum absolute atomic E-state index is 12.4. The summed E-state index contributed by atoms with van der Waals surface area (Å²) in [5.74, 6) is 0.834. The lowest BCUT2D eigenvalue weighted by atomic mass is 10.1. The number of benzene rings is 2. The lowest BCUT2D eigenvalue weighted by Gasteiger charge is -2.16. The Morgan fingerprint density at radius 2 is 1.92 bits per heavy atom. The summed E-state index contributed by atoms with van der Waals surface area (Å²) < 4.78 is 16.1. The zero-order valence-electron chi connectivity index (χ0n) is 13.7. The maximum Gasteiger partial charge on any atom is 0.265 e. The van der Waals surface area contributed by atoms with Gasteiger partial charge in [0.05, 0.1) is 5.69 Å². The molecule has 130 valence electrons. The number of nitrogens with one attached hydrogen (secondary N) is 1. The minimum atomic E-state index is -0.788. The average molecular weight is 362 g/mol. The van der Waals surface area contributed by atoms with E-state index in [0.717, 1.165) is 0 Å². The molecule has 0 bridgehead atoms. The van der Waals surface area contributed by atoms with Crippen LogP contribution in [0.25, 0.3) is 0 Å². The molecule has 6 nitrogen and oxygen atoms in total. The van der Waals surface area contributed by atoms with Crippen LogP contribution in [0.3, 0.4) is 0 Å². The molecule has 0 radical (unpaired) electrons. The third-order valence-electron chi connectivity index (χ3n) is 3.63. The molecule has 25 heavy (non-hydrogen) atoms. The van der Waals surface area contributed by atoms with Crippen LogP contribution in [-0.2, 0) is 4.79 Å². The quantitative estimate of drug-likeness (QED) is 0.822. The van der Waals surface area contributed by atoms with Crippen molar-refractivity contribution >= 4 is 29.0 Å². The molecule has 1 aliphatic heterocycles. The maximum atomic E-state index is 12.4. The number of ketones is 1. The highest BCUT2D eigenvalue weighted by atomic mass is 35.5. The van der Waals surface area contributed by atoms with Gasteiger partial charge in [-0.3, -0.25) is 9.59 Å². The van der Waals surface area contributed by atoms with Gasteiger partial charge in [0, 0.05) is 16.7 Å². The van der Waals surface area contributed by atoms with E-state index in [1.54, 1.807) is 43.3 Å². The Morgan fingerprint density at radius 3 is 2.60 bits per heavy atom. The molecule has 0 fully saturated rings. The molecule has 1 heterocycles. The molecular weight excluding hydrogens is 346 g/mol. The molecule has 0 aromatic heterocycles. The minimum absolute atomic E-state index is 0.0817. The first-order valence-electron chi connectivity index (χ1n) is 7.61. The molecule has 1 N–H and O–H groups in total. The Kier molecular flexibility index (Phi) is 4.81. The molecule has 7 heteroatoms. The molecule has 0 saturated carbocycles. The second-order valence-electron chi connectivity index (χ2n) is 5.51. The summed E-state index contributed by atoms with van der Waals surface area (Å²) in [5.41, 5.74) is 0.691. The number of amides is 1. The van der Waals surface area contributed by atoms with Crippen LogP contribution < -0.4 is 19.5 Å². The van der Waals surface area contributed by atoms with E-state index in [9.17, 15) is 9.59 Å². The third kappa shape index (κ3) is 3.85. The molecule has 3 rings (SSSR count). The number of rotatable bonds is 5. The van der Waals surface area contributed by atoms with Gasteiger partial charge in [-0.2, -0.15) is 0 Å². The Labute approximate surface area is 149 Å². The number of halogens is 1. The van der Waals surface area contributed by atoms with Crippen LogP contribution in [0.5, 0.6) is 17.2 Å². The number of carbonyl (C=O) groups excluding carboxylic acids is 2. The topological polar surface area (TPSA) is 73.9 Å². The predicted octanol–water partition coefficient (Wildman–Crippen LogP) is 3.68. The number of hydrogen-bond acceptors (Lipinski definition) is 5. The van der Waals surface area contributed by atoms with E-state index < -0.39 is 12.0 Å². The minimum Gasteiger partial charge on any atom is -0.481 e. The van der Waals surface area contributed by atoms with Gasteiger partial charge in [-0.1, -0.05) is 17.7 Å². The first-order chi connectivity index (χ1) is 11.9. The number of fused-ring (bicyclic) bond motifs is 1. The van der Waals surface area contributed by atoms with Gasteiger partial charge in [0.15, 0.2) is 23.4 Å². The van der Waals surface area contributed by atoms with E-state index in [4.69, 9.17) is 25.8 Å². The van der Waals surface area contributed by atoms with E-state index >= 15 is 0 Å². The Balaban J connectivity index is 1.77. The smallest absolute Gasteiger partial charge is 0.265 e. The van der Waals surface area contributed by atoms with Crippen LogP contribution in [0.4, 0.5) is 5.69 Å². The normalized spacial score (nSPS) is 13.2. The van der Waals surface area contributed by atoms with Crippen molar-refractivity contribution in [1.29, 1.82) is 0 Å². The summed E-state index contributed by atoms with van der Waals surface area (Å²) in [7, 11) is 0. The van der Waals surface area contributed by atoms with Crippen LogP contribution in [0, 0.1) is 0 Å². The summed E-state index contributed by atoms with van der Waals surface area (Å²) in [4.78, 5) is 24.3. The molecule has 2 aromatic rings. The molecule has 1 amide bonds. The number of ether oxygens (including phenoxy) is 3. The van der Waals surface area contributed by atoms with Crippen LogP contribution in [-0.4, -0.2) is 24.6 Å². The highest BCUT2D eigenvalue weighted by Gasteiger charge is 2.22. The van der Waals surface area contributed by atoms with Gasteiger partial charge in [0.2, 0.25) is 6.79 Å². The van der Waals surface area contributed by atoms with Crippen molar-refractivity contribution in [3.63, 3.8) is 0 Å². The van der Waals surface area contributed by atoms with E-state index in [0.29, 0.717) is 33.5 Å². The Bertz CT molecular complexity index is 836. The number of Topliss-reactive ketones (excluding diaryl/α,β-unsaturated/α-hetero) is 1. The first-order valence-corrected chi connectivity index (χ1v) is 7.99. The van der Waals surface area contributed by atoms with Gasteiger partial charge in [-0.05, 0) is 38.1 Å². The van der Waals surface area contributed by atoms with Crippen LogP contribution in [0.1, 0.15) is 24.2 Å². The van der Waals surface area contributed by atoms with Gasteiger partial charge in [-0.25, -0.2) is 0 Å². The van der Waals surface area contributed by atoms with Gasteiger partial charge >= 0.3 is 0 Å². The fourth-order valence-electron chi connectivity index (χ4n) is 2.37. The predicted molar refractivity (Wildman–Crippen MR) is 92.7 cm³/mol. The third-order valence-corrected chi connectivity index (χ3v) is 3.86. The standard InChI is InChI=1S/C18H16ClNO5/c1-10(21)14-7-16-17(24-9-23-16)8-15(14)20-18(22)11(2)25-13-5-3-4-12(19)6-13/h3-8,11H,9H2,1-2H3,(H,20,22)/t11-/m1/s1. The van der Waals surface area contributed by atoms with E-state index in [2.05, 4.69) is 5.32 Å². The molecular formula is C18H16ClNO5. The highest BCUT2D eigenvalue weighted by molar-refractivity contribution is 6.30. The summed E-state index contributed by atoms with van der Waals surface area (Å²) in [6.07, 6.45) is -0.788. The molecule has 0 aliphatic carbocycles. The lowest BCUT2D eigenvalue weighted by molar-refractivity contribution is -0.122. The molecule has 2 aromatic carbocycles. The zero-order valence-corrected chi connectivity index (χ0v) is 14.4. The molecule has 0 saturated heterocycles. The van der Waals surface area contributed by atoms with E-state index in [-0.39, 0.29) is 12.6 Å². The summed E-state index contributed by atoms with van der Waals surface area (Å²) in [6, 6.07) is 9.90. The van der Waals surface area contributed by atoms with Crippen molar-refractivity contribution in [2.24, 2.45) is 0 Å². The van der Waals surface area contributed by atoms with Crippen molar-refractivity contribution < 1.29 is 23.8 Å². The van der Waals surface area contributed by atoms with Crippen LogP contribution in [0.2, 0.25) is 5.02 Å². The van der Waals surface area contributed by atoms with Crippen LogP contribution >= 0.6 is 11.6 Å². The monoisotopic (exact) mass is 361 g/mol. The van der Waals surface area contributed by atoms with Crippen molar-refractivity contribution in [2.75, 3.05) is 12.1 Å². The fourth-order valence-corrected chi connectivity index (χ4v) is 2.55. The Morgan fingerprint density at radius 1 is 1.20 bits per heavy atom. The molecule has 0 spiro atoms. The fraction of sp³-hybridized carbons (Fsp3) is 0.222. The van der Waals surface area contributed by atoms with Crippen LogP contribution in [0.15, 0.2) is 36.4 Å². The van der Waals surface area contributed by atoms with Gasteiger partial charge < -0.3 is 19.5 Å². The Hall–Kier alpha value is -2.73. The van der Waals surface area contributed by atoms with Gasteiger partial charge in [0.1, 0.15) is 5.75 Å². The second-order valence-corrected chi connectivity index (χ2v) is 5.95. The molecule has 0 unspecified atom stereocenters. The molecule has 1 atom stereocenters.